The normalized spacial score (nSPS) is 14.9. The fourth-order valence-electron chi connectivity index (χ4n) is 3.15. The molecule has 0 saturated carbocycles. The van der Waals surface area contributed by atoms with E-state index in [0.717, 1.165) is 16.8 Å². The van der Waals surface area contributed by atoms with Crippen LogP contribution in [-0.2, 0) is 4.79 Å². The number of nitrogens with one attached hydrogen (secondary N) is 1. The molecule has 1 fully saturated rings. The number of hydrogen-bond donors (Lipinski definition) is 1. The summed E-state index contributed by atoms with van der Waals surface area (Å²) in [5.74, 6) is -0.511. The number of amides is 2. The summed E-state index contributed by atoms with van der Waals surface area (Å²) in [6, 6.07) is 11.6. The van der Waals surface area contributed by atoms with Crippen LogP contribution in [0.15, 0.2) is 42.5 Å². The zero-order chi connectivity index (χ0) is 19.4. The zero-order valence-electron chi connectivity index (χ0n) is 15.7. The summed E-state index contributed by atoms with van der Waals surface area (Å²) in [7, 11) is 0. The van der Waals surface area contributed by atoms with Crippen molar-refractivity contribution < 1.29 is 14.0 Å². The van der Waals surface area contributed by atoms with Gasteiger partial charge in [0.05, 0.1) is 6.54 Å². The van der Waals surface area contributed by atoms with Gasteiger partial charge < -0.3 is 10.2 Å². The van der Waals surface area contributed by atoms with E-state index in [1.54, 1.807) is 4.90 Å². The third kappa shape index (κ3) is 4.92. The Kier molecular flexibility index (Phi) is 5.86. The molecule has 0 radical (unpaired) electrons. The zero-order valence-corrected chi connectivity index (χ0v) is 15.7. The number of rotatable bonds is 4. The van der Waals surface area contributed by atoms with Crippen molar-refractivity contribution in [1.29, 1.82) is 0 Å². The molecule has 2 aromatic carbocycles. The van der Waals surface area contributed by atoms with E-state index < -0.39 is 0 Å². The largest absolute Gasteiger partial charge is 0.336 e. The maximum atomic E-state index is 13.0. The number of hydrogen-bond acceptors (Lipinski definition) is 3. The van der Waals surface area contributed by atoms with Gasteiger partial charge in [-0.1, -0.05) is 12.1 Å². The van der Waals surface area contributed by atoms with Crippen molar-refractivity contribution in [1.82, 2.24) is 9.80 Å². The third-order valence-corrected chi connectivity index (χ3v) is 4.79. The molecule has 27 heavy (non-hydrogen) atoms. The summed E-state index contributed by atoms with van der Waals surface area (Å²) in [5, 5.41) is 2.97. The van der Waals surface area contributed by atoms with Crippen LogP contribution < -0.4 is 5.32 Å². The molecule has 5 nitrogen and oxygen atoms in total. The van der Waals surface area contributed by atoms with Crippen molar-refractivity contribution in [2.45, 2.75) is 13.8 Å². The first-order valence-electron chi connectivity index (χ1n) is 9.06. The maximum Gasteiger partial charge on any atom is 0.253 e. The number of benzene rings is 2. The van der Waals surface area contributed by atoms with E-state index in [4.69, 9.17) is 0 Å². The average Bonchev–Trinajstić information content (AvgIpc) is 2.65. The van der Waals surface area contributed by atoms with Gasteiger partial charge in [0, 0.05) is 37.4 Å². The molecule has 0 aliphatic carbocycles. The number of aryl methyl sites for hydroxylation is 2. The van der Waals surface area contributed by atoms with E-state index in [-0.39, 0.29) is 17.6 Å². The molecule has 2 aromatic rings. The van der Waals surface area contributed by atoms with Crippen molar-refractivity contribution in [3.8, 4) is 0 Å². The van der Waals surface area contributed by atoms with Gasteiger partial charge in [-0.15, -0.1) is 0 Å². The lowest BCUT2D eigenvalue weighted by Crippen LogP contribution is -2.50. The molecule has 0 atom stereocenters. The van der Waals surface area contributed by atoms with E-state index in [2.05, 4.69) is 5.32 Å². The smallest absolute Gasteiger partial charge is 0.253 e. The predicted octanol–water partition coefficient (Wildman–Crippen LogP) is 2.84. The van der Waals surface area contributed by atoms with Crippen LogP contribution in [0.25, 0.3) is 0 Å². The molecule has 1 aliphatic heterocycles. The quantitative estimate of drug-likeness (QED) is 0.902. The molecule has 0 spiro atoms. The Labute approximate surface area is 158 Å². The number of nitrogens with zero attached hydrogens (tertiary/aromatic N) is 2. The number of anilines is 1. The minimum Gasteiger partial charge on any atom is -0.336 e. The first-order chi connectivity index (χ1) is 12.9. The summed E-state index contributed by atoms with van der Waals surface area (Å²) in [6.07, 6.45) is 0. The van der Waals surface area contributed by atoms with E-state index in [1.165, 1.54) is 24.3 Å². The maximum absolute atomic E-state index is 13.0. The second-order valence-corrected chi connectivity index (χ2v) is 6.94. The minimum absolute atomic E-state index is 0.0537. The fourth-order valence-corrected chi connectivity index (χ4v) is 3.15. The Bertz CT molecular complexity index is 828. The van der Waals surface area contributed by atoms with Crippen molar-refractivity contribution in [2.75, 3.05) is 38.0 Å². The number of piperazine rings is 1. The lowest BCUT2D eigenvalue weighted by Gasteiger charge is -2.34. The fraction of sp³-hybridized carbons (Fsp3) is 0.333. The lowest BCUT2D eigenvalue weighted by molar-refractivity contribution is -0.117. The molecule has 1 aliphatic rings. The van der Waals surface area contributed by atoms with E-state index in [0.29, 0.717) is 38.3 Å². The van der Waals surface area contributed by atoms with Crippen molar-refractivity contribution in [3.63, 3.8) is 0 Å². The van der Waals surface area contributed by atoms with E-state index in [1.807, 2.05) is 36.9 Å². The molecular weight excluding hydrogens is 345 g/mol. The molecule has 0 unspecified atom stereocenters. The molecule has 3 rings (SSSR count). The molecular formula is C21H24FN3O2. The molecule has 2 amide bonds. The van der Waals surface area contributed by atoms with Gasteiger partial charge in [-0.05, 0) is 55.3 Å². The molecule has 1 N–H and O–H groups in total. The Hall–Kier alpha value is -2.73. The van der Waals surface area contributed by atoms with Crippen molar-refractivity contribution >= 4 is 17.5 Å². The van der Waals surface area contributed by atoms with Crippen molar-refractivity contribution in [3.05, 3.63) is 65.0 Å². The highest BCUT2D eigenvalue weighted by Gasteiger charge is 2.23. The Morgan fingerprint density at radius 2 is 1.67 bits per heavy atom. The van der Waals surface area contributed by atoms with Crippen molar-refractivity contribution in [2.24, 2.45) is 0 Å². The van der Waals surface area contributed by atoms with Gasteiger partial charge >= 0.3 is 0 Å². The summed E-state index contributed by atoms with van der Waals surface area (Å²) in [5.41, 5.74) is 3.45. The molecule has 6 heteroatoms. The summed E-state index contributed by atoms with van der Waals surface area (Å²) >= 11 is 0. The van der Waals surface area contributed by atoms with Crippen LogP contribution in [0.1, 0.15) is 21.5 Å². The van der Waals surface area contributed by atoms with Gasteiger partial charge in [0.15, 0.2) is 0 Å². The average molecular weight is 369 g/mol. The Morgan fingerprint density at radius 1 is 1.00 bits per heavy atom. The SMILES string of the molecule is Cc1ccc(C)c(NC(=O)CN2CCN(C(=O)c3ccc(F)cc3)CC2)c1. The molecule has 1 heterocycles. The van der Waals surface area contributed by atoms with Crippen LogP contribution in [0.5, 0.6) is 0 Å². The second kappa shape index (κ2) is 8.31. The Balaban J connectivity index is 1.50. The highest BCUT2D eigenvalue weighted by atomic mass is 19.1. The van der Waals surface area contributed by atoms with Gasteiger partial charge in [0.25, 0.3) is 5.91 Å². The van der Waals surface area contributed by atoms with Crippen LogP contribution in [0, 0.1) is 19.7 Å². The number of halogens is 1. The molecule has 0 bridgehead atoms. The molecule has 0 aromatic heterocycles. The monoisotopic (exact) mass is 369 g/mol. The number of carbonyl (C=O) groups excluding carboxylic acids is 2. The van der Waals surface area contributed by atoms with Crippen LogP contribution in [0.3, 0.4) is 0 Å². The standard InChI is InChI=1S/C21H24FN3O2/c1-15-3-4-16(2)19(13-15)23-20(26)14-24-9-11-25(12-10-24)21(27)17-5-7-18(22)8-6-17/h3-8,13H,9-12,14H2,1-2H3,(H,23,26). The van der Waals surface area contributed by atoms with Crippen LogP contribution >= 0.6 is 0 Å². The van der Waals surface area contributed by atoms with Crippen LogP contribution in [-0.4, -0.2) is 54.3 Å². The van der Waals surface area contributed by atoms with Gasteiger partial charge in [-0.3, -0.25) is 14.5 Å². The highest BCUT2D eigenvalue weighted by molar-refractivity contribution is 5.94. The molecule has 1 saturated heterocycles. The second-order valence-electron chi connectivity index (χ2n) is 6.94. The van der Waals surface area contributed by atoms with Crippen LogP contribution in [0.4, 0.5) is 10.1 Å². The van der Waals surface area contributed by atoms with Gasteiger partial charge in [-0.25, -0.2) is 4.39 Å². The third-order valence-electron chi connectivity index (χ3n) is 4.79. The first-order valence-corrected chi connectivity index (χ1v) is 9.06. The first kappa shape index (κ1) is 19.0. The summed E-state index contributed by atoms with van der Waals surface area (Å²) < 4.78 is 13.0. The van der Waals surface area contributed by atoms with Gasteiger partial charge in [-0.2, -0.15) is 0 Å². The highest BCUT2D eigenvalue weighted by Crippen LogP contribution is 2.16. The van der Waals surface area contributed by atoms with Gasteiger partial charge in [0.2, 0.25) is 5.91 Å². The minimum atomic E-state index is -0.355. The lowest BCUT2D eigenvalue weighted by atomic mass is 10.1. The molecule has 142 valence electrons. The Morgan fingerprint density at radius 3 is 2.33 bits per heavy atom. The van der Waals surface area contributed by atoms with E-state index >= 15 is 0 Å². The topological polar surface area (TPSA) is 52.7 Å². The van der Waals surface area contributed by atoms with Crippen LogP contribution in [0.2, 0.25) is 0 Å². The van der Waals surface area contributed by atoms with Gasteiger partial charge in [0.1, 0.15) is 5.82 Å². The summed E-state index contributed by atoms with van der Waals surface area (Å²) in [4.78, 5) is 28.6. The number of carbonyl (C=O) groups is 2. The van der Waals surface area contributed by atoms with E-state index in [9.17, 15) is 14.0 Å². The predicted molar refractivity (Wildman–Crippen MR) is 103 cm³/mol. The summed E-state index contributed by atoms with van der Waals surface area (Å²) in [6.45, 7) is 6.62.